The Hall–Kier alpha value is -1.55. The molecule has 0 aliphatic heterocycles. The first-order chi connectivity index (χ1) is 9.60. The molecule has 1 amide bonds. The lowest BCUT2D eigenvalue weighted by Crippen LogP contribution is -2.30. The van der Waals surface area contributed by atoms with Crippen molar-refractivity contribution in [2.45, 2.75) is 33.1 Å². The van der Waals surface area contributed by atoms with E-state index in [9.17, 15) is 4.79 Å². The van der Waals surface area contributed by atoms with E-state index in [1.165, 1.54) is 0 Å². The zero-order valence-electron chi connectivity index (χ0n) is 12.6. The highest BCUT2D eigenvalue weighted by Crippen LogP contribution is 2.20. The number of hydrogen-bond donors (Lipinski definition) is 2. The Labute approximate surface area is 121 Å². The minimum absolute atomic E-state index is 0.00899. The molecule has 1 atom stereocenters. The van der Waals surface area contributed by atoms with E-state index in [1.807, 2.05) is 25.1 Å². The molecule has 1 aromatic rings. The summed E-state index contributed by atoms with van der Waals surface area (Å²) in [7, 11) is 1.61. The van der Waals surface area contributed by atoms with Gasteiger partial charge in [0.15, 0.2) is 0 Å². The number of aryl methyl sites for hydroxylation is 1. The molecule has 0 spiro atoms. The van der Waals surface area contributed by atoms with Gasteiger partial charge in [-0.05, 0) is 25.3 Å². The first-order valence-electron chi connectivity index (χ1n) is 7.11. The minimum Gasteiger partial charge on any atom is -0.496 e. The predicted molar refractivity (Wildman–Crippen MR) is 79.9 cm³/mol. The fraction of sp³-hybridized carbons (Fsp3) is 0.562. The monoisotopic (exact) mass is 279 g/mol. The number of methoxy groups -OCH3 is 1. The van der Waals surface area contributed by atoms with Crippen LogP contribution in [0.25, 0.3) is 0 Å². The second kappa shape index (κ2) is 8.59. The van der Waals surface area contributed by atoms with Crippen LogP contribution in [0.1, 0.15) is 30.9 Å². The summed E-state index contributed by atoms with van der Waals surface area (Å²) in [5.74, 6) is 1.07. The van der Waals surface area contributed by atoms with Crippen LogP contribution in [0.3, 0.4) is 0 Å². The first-order valence-corrected chi connectivity index (χ1v) is 7.11. The lowest BCUT2D eigenvalue weighted by atomic mass is 10.0. The maximum Gasteiger partial charge on any atom is 0.224 e. The van der Waals surface area contributed by atoms with Gasteiger partial charge in [0.2, 0.25) is 5.91 Å². The SMILES string of the molecule is CCC(CCO)CNC(=O)Cc1cc(C)ccc1OC. The van der Waals surface area contributed by atoms with Gasteiger partial charge in [-0.1, -0.05) is 31.0 Å². The molecule has 0 heterocycles. The van der Waals surface area contributed by atoms with Crippen LogP contribution in [0, 0.1) is 12.8 Å². The van der Waals surface area contributed by atoms with Crippen molar-refractivity contribution in [3.05, 3.63) is 29.3 Å². The molecular weight excluding hydrogens is 254 g/mol. The van der Waals surface area contributed by atoms with E-state index in [1.54, 1.807) is 7.11 Å². The summed E-state index contributed by atoms with van der Waals surface area (Å²) < 4.78 is 5.27. The van der Waals surface area contributed by atoms with Crippen LogP contribution in [0.4, 0.5) is 0 Å². The number of rotatable bonds is 8. The molecule has 112 valence electrons. The summed E-state index contributed by atoms with van der Waals surface area (Å²) in [5.41, 5.74) is 2.01. The molecule has 0 saturated carbocycles. The number of aliphatic hydroxyl groups excluding tert-OH is 1. The maximum absolute atomic E-state index is 12.0. The van der Waals surface area contributed by atoms with Crippen LogP contribution in [0.5, 0.6) is 5.75 Å². The van der Waals surface area contributed by atoms with Crippen molar-refractivity contribution in [3.8, 4) is 5.75 Å². The molecule has 0 radical (unpaired) electrons. The van der Waals surface area contributed by atoms with Gasteiger partial charge < -0.3 is 15.2 Å². The summed E-state index contributed by atoms with van der Waals surface area (Å²) in [6, 6.07) is 5.83. The molecule has 2 N–H and O–H groups in total. The number of aliphatic hydroxyl groups is 1. The molecule has 4 nitrogen and oxygen atoms in total. The van der Waals surface area contributed by atoms with Gasteiger partial charge in [-0.25, -0.2) is 0 Å². The Bertz CT molecular complexity index is 432. The number of benzene rings is 1. The molecule has 0 saturated heterocycles. The lowest BCUT2D eigenvalue weighted by Gasteiger charge is -2.15. The molecule has 1 rings (SSSR count). The van der Waals surface area contributed by atoms with Crippen molar-refractivity contribution in [1.82, 2.24) is 5.32 Å². The smallest absolute Gasteiger partial charge is 0.224 e. The molecule has 0 bridgehead atoms. The molecule has 4 heteroatoms. The Morgan fingerprint density at radius 2 is 2.20 bits per heavy atom. The van der Waals surface area contributed by atoms with E-state index in [2.05, 4.69) is 12.2 Å². The Morgan fingerprint density at radius 3 is 2.80 bits per heavy atom. The Kier molecular flexibility index (Phi) is 7.09. The molecule has 0 fully saturated rings. The third kappa shape index (κ3) is 5.21. The standard InChI is InChI=1S/C16H25NO3/c1-4-13(7-8-18)11-17-16(19)10-14-9-12(2)5-6-15(14)20-3/h5-6,9,13,18H,4,7-8,10-11H2,1-3H3,(H,17,19). The molecule has 0 aliphatic carbocycles. The maximum atomic E-state index is 12.0. The van der Waals surface area contributed by atoms with Crippen LogP contribution >= 0.6 is 0 Å². The quantitative estimate of drug-likeness (QED) is 0.766. The topological polar surface area (TPSA) is 58.6 Å². The van der Waals surface area contributed by atoms with Gasteiger partial charge in [0.25, 0.3) is 0 Å². The molecule has 20 heavy (non-hydrogen) atoms. The van der Waals surface area contributed by atoms with Crippen LogP contribution < -0.4 is 10.1 Å². The Balaban J connectivity index is 2.55. The highest BCUT2D eigenvalue weighted by molar-refractivity contribution is 5.79. The van der Waals surface area contributed by atoms with Gasteiger partial charge in [0.1, 0.15) is 5.75 Å². The summed E-state index contributed by atoms with van der Waals surface area (Å²) in [6.07, 6.45) is 2.00. The summed E-state index contributed by atoms with van der Waals surface area (Å²) in [5, 5.41) is 11.9. The minimum atomic E-state index is -0.00899. The number of nitrogens with one attached hydrogen (secondary N) is 1. The van der Waals surface area contributed by atoms with Crippen molar-refractivity contribution in [2.75, 3.05) is 20.3 Å². The van der Waals surface area contributed by atoms with Gasteiger partial charge in [-0.15, -0.1) is 0 Å². The summed E-state index contributed by atoms with van der Waals surface area (Å²) in [4.78, 5) is 12.0. The highest BCUT2D eigenvalue weighted by atomic mass is 16.5. The van der Waals surface area contributed by atoms with E-state index in [0.29, 0.717) is 18.9 Å². The van der Waals surface area contributed by atoms with Crippen molar-refractivity contribution in [1.29, 1.82) is 0 Å². The lowest BCUT2D eigenvalue weighted by molar-refractivity contribution is -0.120. The van der Waals surface area contributed by atoms with Gasteiger partial charge in [0, 0.05) is 18.7 Å². The number of carbonyl (C=O) groups excluding carboxylic acids is 1. The van der Waals surface area contributed by atoms with Crippen LogP contribution in [-0.2, 0) is 11.2 Å². The van der Waals surface area contributed by atoms with Crippen molar-refractivity contribution < 1.29 is 14.6 Å². The normalized spacial score (nSPS) is 12.0. The van der Waals surface area contributed by atoms with E-state index >= 15 is 0 Å². The second-order valence-corrected chi connectivity index (χ2v) is 5.08. The molecule has 0 aliphatic rings. The highest BCUT2D eigenvalue weighted by Gasteiger charge is 2.11. The fourth-order valence-electron chi connectivity index (χ4n) is 2.17. The third-order valence-electron chi connectivity index (χ3n) is 3.49. The zero-order valence-corrected chi connectivity index (χ0v) is 12.6. The van der Waals surface area contributed by atoms with Crippen molar-refractivity contribution in [3.63, 3.8) is 0 Å². The van der Waals surface area contributed by atoms with E-state index in [-0.39, 0.29) is 12.5 Å². The summed E-state index contributed by atoms with van der Waals surface area (Å²) in [6.45, 7) is 4.84. The van der Waals surface area contributed by atoms with Crippen LogP contribution in [0.15, 0.2) is 18.2 Å². The number of ether oxygens (including phenoxy) is 1. The van der Waals surface area contributed by atoms with Gasteiger partial charge >= 0.3 is 0 Å². The van der Waals surface area contributed by atoms with Crippen molar-refractivity contribution >= 4 is 5.91 Å². The second-order valence-electron chi connectivity index (χ2n) is 5.08. The fourth-order valence-corrected chi connectivity index (χ4v) is 2.17. The number of carbonyl (C=O) groups is 1. The molecular formula is C16H25NO3. The zero-order chi connectivity index (χ0) is 15.0. The van der Waals surface area contributed by atoms with E-state index in [0.717, 1.165) is 29.7 Å². The average molecular weight is 279 g/mol. The van der Waals surface area contributed by atoms with Crippen molar-refractivity contribution in [2.24, 2.45) is 5.92 Å². The predicted octanol–water partition coefficient (Wildman–Crippen LogP) is 2.07. The van der Waals surface area contributed by atoms with Gasteiger partial charge in [-0.3, -0.25) is 4.79 Å². The van der Waals surface area contributed by atoms with E-state index in [4.69, 9.17) is 9.84 Å². The first kappa shape index (κ1) is 16.5. The van der Waals surface area contributed by atoms with E-state index < -0.39 is 0 Å². The van der Waals surface area contributed by atoms with Crippen LogP contribution in [-0.4, -0.2) is 31.3 Å². The van der Waals surface area contributed by atoms with Gasteiger partial charge in [-0.2, -0.15) is 0 Å². The molecule has 1 unspecified atom stereocenters. The third-order valence-corrected chi connectivity index (χ3v) is 3.49. The Morgan fingerprint density at radius 1 is 1.45 bits per heavy atom. The molecule has 1 aromatic carbocycles. The van der Waals surface area contributed by atoms with Crippen LogP contribution in [0.2, 0.25) is 0 Å². The summed E-state index contributed by atoms with van der Waals surface area (Å²) >= 11 is 0. The number of hydrogen-bond acceptors (Lipinski definition) is 3. The molecule has 0 aromatic heterocycles. The largest absolute Gasteiger partial charge is 0.496 e. The average Bonchev–Trinajstić information content (AvgIpc) is 2.43. The number of amides is 1. The van der Waals surface area contributed by atoms with Gasteiger partial charge in [0.05, 0.1) is 13.5 Å².